The van der Waals surface area contributed by atoms with Crippen LogP contribution in [0, 0.1) is 5.82 Å². The molecule has 1 unspecified atom stereocenters. The maximum absolute atomic E-state index is 16.1. The SMILES string of the molecule is CCOc1cc(CC)cc(C(Nc2ccc3c(N)nccc3c2)c2nc(-c3ccccc3)cn2CC(N)=O)c1F. The van der Waals surface area contributed by atoms with Crippen molar-refractivity contribution in [2.45, 2.75) is 32.9 Å². The summed E-state index contributed by atoms with van der Waals surface area (Å²) in [5, 5.41) is 5.15. The number of hydrogen-bond donors (Lipinski definition) is 3. The summed E-state index contributed by atoms with van der Waals surface area (Å²) in [6.07, 6.45) is 4.08. The number of nitrogen functional groups attached to an aromatic ring is 1. The predicted octanol–water partition coefficient (Wildman–Crippen LogP) is 5.47. The lowest BCUT2D eigenvalue weighted by atomic mass is 9.99. The van der Waals surface area contributed by atoms with Crippen molar-refractivity contribution < 1.29 is 13.9 Å². The lowest BCUT2D eigenvalue weighted by Gasteiger charge is -2.23. The monoisotopic (exact) mass is 538 g/mol. The summed E-state index contributed by atoms with van der Waals surface area (Å²) >= 11 is 0. The Morgan fingerprint density at radius 3 is 2.62 bits per heavy atom. The van der Waals surface area contributed by atoms with Crippen molar-refractivity contribution in [1.29, 1.82) is 0 Å². The van der Waals surface area contributed by atoms with Gasteiger partial charge in [0.2, 0.25) is 5.91 Å². The van der Waals surface area contributed by atoms with Crippen LogP contribution in [-0.4, -0.2) is 27.0 Å². The number of nitrogens with two attached hydrogens (primary N) is 2. The first-order valence-corrected chi connectivity index (χ1v) is 13.1. The number of halogens is 1. The summed E-state index contributed by atoms with van der Waals surface area (Å²) in [7, 11) is 0. The summed E-state index contributed by atoms with van der Waals surface area (Å²) in [5.41, 5.74) is 15.1. The number of imidazole rings is 1. The molecular weight excluding hydrogens is 507 g/mol. The number of carbonyl (C=O) groups excluding carboxylic acids is 1. The Morgan fingerprint density at radius 2 is 1.90 bits per heavy atom. The number of aryl methyl sites for hydroxylation is 1. The van der Waals surface area contributed by atoms with E-state index in [4.69, 9.17) is 21.2 Å². The Hall–Kier alpha value is -4.92. The molecule has 40 heavy (non-hydrogen) atoms. The number of fused-ring (bicyclic) bond motifs is 1. The molecule has 0 radical (unpaired) electrons. The zero-order valence-electron chi connectivity index (χ0n) is 22.4. The van der Waals surface area contributed by atoms with Crippen LogP contribution in [0.2, 0.25) is 0 Å². The van der Waals surface area contributed by atoms with E-state index < -0.39 is 17.8 Å². The topological polar surface area (TPSA) is 121 Å². The van der Waals surface area contributed by atoms with E-state index in [0.29, 0.717) is 41.6 Å². The maximum atomic E-state index is 16.1. The summed E-state index contributed by atoms with van der Waals surface area (Å²) in [5.74, 6) is -0.0174. The fraction of sp³-hybridized carbons (Fsp3) is 0.194. The molecule has 0 aliphatic rings. The van der Waals surface area contributed by atoms with Crippen LogP contribution in [0.5, 0.6) is 5.75 Å². The highest BCUT2D eigenvalue weighted by atomic mass is 19.1. The van der Waals surface area contributed by atoms with Gasteiger partial charge in [0.25, 0.3) is 0 Å². The zero-order valence-corrected chi connectivity index (χ0v) is 22.4. The molecule has 0 bridgehead atoms. The van der Waals surface area contributed by atoms with Crippen molar-refractivity contribution in [1.82, 2.24) is 14.5 Å². The Labute approximate surface area is 231 Å². The number of anilines is 2. The van der Waals surface area contributed by atoms with Crippen LogP contribution in [0.1, 0.15) is 36.8 Å². The van der Waals surface area contributed by atoms with E-state index in [2.05, 4.69) is 10.3 Å². The maximum Gasteiger partial charge on any atom is 0.237 e. The van der Waals surface area contributed by atoms with Gasteiger partial charge in [0.1, 0.15) is 24.2 Å². The van der Waals surface area contributed by atoms with Gasteiger partial charge in [0.15, 0.2) is 11.6 Å². The van der Waals surface area contributed by atoms with Crippen molar-refractivity contribution in [3.8, 4) is 17.0 Å². The van der Waals surface area contributed by atoms with Crippen LogP contribution in [-0.2, 0) is 17.8 Å². The van der Waals surface area contributed by atoms with E-state index in [1.165, 1.54) is 0 Å². The molecule has 5 rings (SSSR count). The smallest absolute Gasteiger partial charge is 0.237 e. The molecule has 9 heteroatoms. The molecule has 3 aromatic carbocycles. The molecule has 5 N–H and O–H groups in total. The molecule has 0 fully saturated rings. The van der Waals surface area contributed by atoms with Gasteiger partial charge in [-0.05, 0) is 54.6 Å². The molecule has 204 valence electrons. The van der Waals surface area contributed by atoms with Gasteiger partial charge in [0, 0.05) is 34.6 Å². The standard InChI is InChI=1S/C31H31FN6O2/c1-3-19-14-24(28(32)26(15-19)40-4-2)29(36-22-10-11-23-21(16-22)12-13-35-30(23)34)31-37-25(17-38(31)18-27(33)39)20-8-6-5-7-9-20/h5-17,29,36H,3-4,18H2,1-2H3,(H2,33,39)(H2,34,35). The highest BCUT2D eigenvalue weighted by Gasteiger charge is 2.27. The average Bonchev–Trinajstić information content (AvgIpc) is 3.36. The molecule has 2 heterocycles. The number of hydrogen-bond acceptors (Lipinski definition) is 6. The second-order valence-corrected chi connectivity index (χ2v) is 9.44. The van der Waals surface area contributed by atoms with E-state index >= 15 is 4.39 Å². The Balaban J connectivity index is 1.71. The number of primary amides is 1. The van der Waals surface area contributed by atoms with E-state index in [9.17, 15) is 4.79 Å². The number of amides is 1. The number of nitrogens with one attached hydrogen (secondary N) is 1. The average molecular weight is 539 g/mol. The van der Waals surface area contributed by atoms with E-state index in [1.807, 2.05) is 74.5 Å². The third kappa shape index (κ3) is 5.44. The number of rotatable bonds is 10. The minimum atomic E-state index is -0.792. The summed E-state index contributed by atoms with van der Waals surface area (Å²) < 4.78 is 23.5. The van der Waals surface area contributed by atoms with Crippen LogP contribution in [0.25, 0.3) is 22.0 Å². The second-order valence-electron chi connectivity index (χ2n) is 9.44. The first-order chi connectivity index (χ1) is 19.4. The molecule has 0 aliphatic heterocycles. The lowest BCUT2D eigenvalue weighted by molar-refractivity contribution is -0.118. The quantitative estimate of drug-likeness (QED) is 0.217. The third-order valence-corrected chi connectivity index (χ3v) is 6.71. The Bertz CT molecular complexity index is 1670. The van der Waals surface area contributed by atoms with Crippen molar-refractivity contribution in [2.24, 2.45) is 5.73 Å². The number of ether oxygens (including phenoxy) is 1. The predicted molar refractivity (Wildman–Crippen MR) is 155 cm³/mol. The van der Waals surface area contributed by atoms with Gasteiger partial charge in [-0.25, -0.2) is 14.4 Å². The molecular formula is C31H31FN6O2. The van der Waals surface area contributed by atoms with Gasteiger partial charge in [-0.15, -0.1) is 0 Å². The molecule has 8 nitrogen and oxygen atoms in total. The normalized spacial score (nSPS) is 11.9. The van der Waals surface area contributed by atoms with Gasteiger partial charge in [-0.2, -0.15) is 0 Å². The van der Waals surface area contributed by atoms with Crippen molar-refractivity contribution in [3.63, 3.8) is 0 Å². The van der Waals surface area contributed by atoms with Crippen LogP contribution < -0.4 is 21.5 Å². The zero-order chi connectivity index (χ0) is 28.2. The minimum absolute atomic E-state index is 0.124. The first kappa shape index (κ1) is 26.7. The highest BCUT2D eigenvalue weighted by molar-refractivity contribution is 5.93. The van der Waals surface area contributed by atoms with Crippen molar-refractivity contribution in [3.05, 3.63) is 102 Å². The van der Waals surface area contributed by atoms with E-state index in [1.54, 1.807) is 23.0 Å². The minimum Gasteiger partial charge on any atom is -0.491 e. The molecule has 1 atom stereocenters. The van der Waals surface area contributed by atoms with Gasteiger partial charge in [-0.3, -0.25) is 4.79 Å². The highest BCUT2D eigenvalue weighted by Crippen LogP contribution is 2.35. The van der Waals surface area contributed by atoms with Gasteiger partial charge < -0.3 is 26.1 Å². The van der Waals surface area contributed by atoms with E-state index in [0.717, 1.165) is 21.9 Å². The lowest BCUT2D eigenvalue weighted by Crippen LogP contribution is -2.24. The summed E-state index contributed by atoms with van der Waals surface area (Å²) in [4.78, 5) is 21.2. The van der Waals surface area contributed by atoms with Crippen LogP contribution in [0.4, 0.5) is 15.9 Å². The van der Waals surface area contributed by atoms with Crippen molar-refractivity contribution >= 4 is 28.2 Å². The molecule has 0 saturated carbocycles. The van der Waals surface area contributed by atoms with Crippen LogP contribution >= 0.6 is 0 Å². The summed E-state index contributed by atoms with van der Waals surface area (Å²) in [6.45, 7) is 4.00. The van der Waals surface area contributed by atoms with Gasteiger partial charge >= 0.3 is 0 Å². The molecule has 0 aliphatic carbocycles. The summed E-state index contributed by atoms with van der Waals surface area (Å²) in [6, 6.07) is 19.8. The van der Waals surface area contributed by atoms with Crippen LogP contribution in [0.15, 0.2) is 79.1 Å². The van der Waals surface area contributed by atoms with E-state index in [-0.39, 0.29) is 12.3 Å². The fourth-order valence-electron chi connectivity index (χ4n) is 4.80. The van der Waals surface area contributed by atoms with Gasteiger partial charge in [-0.1, -0.05) is 43.3 Å². The third-order valence-electron chi connectivity index (χ3n) is 6.71. The number of benzene rings is 3. The molecule has 0 saturated heterocycles. The van der Waals surface area contributed by atoms with Gasteiger partial charge in [0.05, 0.1) is 12.3 Å². The Morgan fingerprint density at radius 1 is 1.10 bits per heavy atom. The Kier molecular flexibility index (Phi) is 7.63. The number of aromatic nitrogens is 3. The molecule has 5 aromatic rings. The number of pyridine rings is 1. The largest absolute Gasteiger partial charge is 0.491 e. The second kappa shape index (κ2) is 11.4. The molecule has 2 aromatic heterocycles. The fourth-order valence-corrected chi connectivity index (χ4v) is 4.80. The molecule has 0 spiro atoms. The number of nitrogens with zero attached hydrogens (tertiary/aromatic N) is 3. The van der Waals surface area contributed by atoms with Crippen molar-refractivity contribution in [2.75, 3.05) is 17.7 Å². The molecule has 1 amide bonds. The number of carbonyl (C=O) groups is 1. The first-order valence-electron chi connectivity index (χ1n) is 13.1. The van der Waals surface area contributed by atoms with Crippen LogP contribution in [0.3, 0.4) is 0 Å².